The van der Waals surface area contributed by atoms with Gasteiger partial charge in [-0.2, -0.15) is 4.31 Å². The van der Waals surface area contributed by atoms with Crippen LogP contribution in [0.5, 0.6) is 0 Å². The quantitative estimate of drug-likeness (QED) is 0.807. The summed E-state index contributed by atoms with van der Waals surface area (Å²) in [5.74, 6) is -1.99. The highest BCUT2D eigenvalue weighted by Crippen LogP contribution is 2.28. The Kier molecular flexibility index (Phi) is 4.95. The molecule has 1 heterocycles. The maximum absolute atomic E-state index is 13.9. The van der Waals surface area contributed by atoms with Gasteiger partial charge >= 0.3 is 0 Å². The molecule has 9 heteroatoms. The maximum atomic E-state index is 13.9. The van der Waals surface area contributed by atoms with Gasteiger partial charge in [0.15, 0.2) is 0 Å². The molecule has 1 fully saturated rings. The summed E-state index contributed by atoms with van der Waals surface area (Å²) >= 11 is 5.85. The van der Waals surface area contributed by atoms with E-state index in [2.05, 4.69) is 0 Å². The van der Waals surface area contributed by atoms with Crippen LogP contribution in [-0.4, -0.2) is 38.9 Å². The van der Waals surface area contributed by atoms with Gasteiger partial charge in [0.05, 0.1) is 10.7 Å². The molecule has 0 N–H and O–H groups in total. The van der Waals surface area contributed by atoms with Gasteiger partial charge in [-0.1, -0.05) is 11.6 Å². The fourth-order valence-electron chi connectivity index (χ4n) is 2.73. The normalized spacial score (nSPS) is 16.2. The summed E-state index contributed by atoms with van der Waals surface area (Å²) in [5, 5.41) is -0.188. The van der Waals surface area contributed by atoms with Gasteiger partial charge in [-0.3, -0.25) is 0 Å². The van der Waals surface area contributed by atoms with Crippen LogP contribution in [0.4, 0.5) is 18.9 Å². The van der Waals surface area contributed by atoms with Crippen LogP contribution >= 0.6 is 11.6 Å². The lowest BCUT2D eigenvalue weighted by Crippen LogP contribution is -2.49. The Morgan fingerprint density at radius 2 is 1.48 bits per heavy atom. The van der Waals surface area contributed by atoms with E-state index in [4.69, 9.17) is 11.6 Å². The third-order valence-corrected chi connectivity index (χ3v) is 6.38. The van der Waals surface area contributed by atoms with Crippen LogP contribution in [0.3, 0.4) is 0 Å². The van der Waals surface area contributed by atoms with Gasteiger partial charge in [0.25, 0.3) is 0 Å². The highest BCUT2D eigenvalue weighted by Gasteiger charge is 2.30. The number of halogens is 4. The second-order valence-electron chi connectivity index (χ2n) is 5.56. The summed E-state index contributed by atoms with van der Waals surface area (Å²) in [5.41, 5.74) is 0.221. The molecule has 0 amide bonds. The van der Waals surface area contributed by atoms with Gasteiger partial charge < -0.3 is 4.90 Å². The Morgan fingerprint density at radius 1 is 0.880 bits per heavy atom. The molecule has 4 nitrogen and oxygen atoms in total. The second-order valence-corrected chi connectivity index (χ2v) is 7.88. The highest BCUT2D eigenvalue weighted by molar-refractivity contribution is 7.89. The highest BCUT2D eigenvalue weighted by atomic mass is 35.5. The minimum Gasteiger partial charge on any atom is -0.367 e. The predicted octanol–water partition coefficient (Wildman–Crippen LogP) is 3.27. The average Bonchev–Trinajstić information content (AvgIpc) is 2.54. The number of hydrogen-bond donors (Lipinski definition) is 0. The third-order valence-electron chi connectivity index (χ3n) is 4.00. The van der Waals surface area contributed by atoms with Crippen molar-refractivity contribution in [2.45, 2.75) is 4.90 Å². The molecule has 1 saturated heterocycles. The van der Waals surface area contributed by atoms with Crippen molar-refractivity contribution in [2.24, 2.45) is 0 Å². The van der Waals surface area contributed by atoms with Crippen molar-refractivity contribution in [2.75, 3.05) is 31.1 Å². The van der Waals surface area contributed by atoms with Crippen LogP contribution in [0.1, 0.15) is 0 Å². The van der Waals surface area contributed by atoms with Crippen molar-refractivity contribution in [1.82, 2.24) is 4.31 Å². The molecule has 1 aliphatic heterocycles. The van der Waals surface area contributed by atoms with Gasteiger partial charge in [0.1, 0.15) is 22.3 Å². The molecule has 0 saturated carbocycles. The fraction of sp³-hybridized carbons (Fsp3) is 0.250. The molecule has 0 aromatic heterocycles. The lowest BCUT2D eigenvalue weighted by atomic mass is 10.2. The number of nitrogens with zero attached hydrogens (tertiary/aromatic N) is 2. The number of anilines is 1. The van der Waals surface area contributed by atoms with Crippen molar-refractivity contribution in [3.63, 3.8) is 0 Å². The minimum absolute atomic E-state index is 0.104. The van der Waals surface area contributed by atoms with E-state index in [9.17, 15) is 21.6 Å². The molecule has 1 aliphatic rings. The van der Waals surface area contributed by atoms with E-state index in [0.29, 0.717) is 0 Å². The Morgan fingerprint density at radius 3 is 2.08 bits per heavy atom. The van der Waals surface area contributed by atoms with Crippen LogP contribution in [-0.2, 0) is 10.0 Å². The van der Waals surface area contributed by atoms with E-state index in [-0.39, 0.29) is 41.8 Å². The average molecular weight is 391 g/mol. The van der Waals surface area contributed by atoms with Gasteiger partial charge in [0.2, 0.25) is 10.0 Å². The molecule has 25 heavy (non-hydrogen) atoms. The first-order chi connectivity index (χ1) is 11.8. The van der Waals surface area contributed by atoms with Crippen molar-refractivity contribution < 1.29 is 21.6 Å². The lowest BCUT2D eigenvalue weighted by molar-refractivity contribution is 0.383. The molecule has 3 rings (SSSR count). The largest absolute Gasteiger partial charge is 0.367 e. The summed E-state index contributed by atoms with van der Waals surface area (Å²) < 4.78 is 66.5. The van der Waals surface area contributed by atoms with Gasteiger partial charge in [0, 0.05) is 32.2 Å². The topological polar surface area (TPSA) is 40.6 Å². The zero-order valence-electron chi connectivity index (χ0n) is 12.9. The lowest BCUT2D eigenvalue weighted by Gasteiger charge is -2.35. The van der Waals surface area contributed by atoms with Crippen molar-refractivity contribution in [3.05, 3.63) is 58.9 Å². The van der Waals surface area contributed by atoms with E-state index < -0.39 is 27.5 Å². The smallest absolute Gasteiger partial charge is 0.244 e. The first-order valence-electron chi connectivity index (χ1n) is 7.44. The summed E-state index contributed by atoms with van der Waals surface area (Å²) in [7, 11) is -3.88. The predicted molar refractivity (Wildman–Crippen MR) is 88.7 cm³/mol. The zero-order chi connectivity index (χ0) is 18.2. The van der Waals surface area contributed by atoms with E-state index >= 15 is 0 Å². The van der Waals surface area contributed by atoms with Crippen molar-refractivity contribution in [1.29, 1.82) is 0 Å². The van der Waals surface area contributed by atoms with Crippen LogP contribution in [0.15, 0.2) is 41.3 Å². The molecular formula is C16H14ClF3N2O2S. The molecule has 2 aromatic carbocycles. The number of sulfonamides is 1. The number of hydrogen-bond acceptors (Lipinski definition) is 3. The molecule has 0 atom stereocenters. The molecule has 2 aromatic rings. The molecule has 0 bridgehead atoms. The summed E-state index contributed by atoms with van der Waals surface area (Å²) in [6.45, 7) is 0.681. The molecule has 0 radical (unpaired) electrons. The Labute approximate surface area is 148 Å². The Bertz CT molecular complexity index is 900. The fourth-order valence-corrected chi connectivity index (χ4v) is 4.66. The van der Waals surface area contributed by atoms with Crippen LogP contribution in [0, 0.1) is 17.5 Å². The standard InChI is InChI=1S/C16H14ClF3N2O2S/c17-13-9-11(18)2-4-16(13)25(23,24)22-7-5-21(6-8-22)15-3-1-12(19)10-14(15)20/h1-4,9-10H,5-8H2. The van der Waals surface area contributed by atoms with Crippen molar-refractivity contribution in [3.8, 4) is 0 Å². The molecule has 0 unspecified atom stereocenters. The van der Waals surface area contributed by atoms with Gasteiger partial charge in [-0.05, 0) is 30.3 Å². The number of piperazine rings is 1. The van der Waals surface area contributed by atoms with E-state index in [1.807, 2.05) is 0 Å². The summed E-state index contributed by atoms with van der Waals surface area (Å²) in [4.78, 5) is 1.48. The van der Waals surface area contributed by atoms with Crippen molar-refractivity contribution >= 4 is 27.3 Å². The first kappa shape index (κ1) is 18.0. The maximum Gasteiger partial charge on any atom is 0.244 e. The minimum atomic E-state index is -3.88. The Balaban J connectivity index is 1.77. The number of rotatable bonds is 3. The molecule has 134 valence electrons. The SMILES string of the molecule is O=S(=O)(c1ccc(F)cc1Cl)N1CCN(c2ccc(F)cc2F)CC1. The van der Waals surface area contributed by atoms with Crippen LogP contribution in [0.25, 0.3) is 0 Å². The van der Waals surface area contributed by atoms with E-state index in [1.54, 1.807) is 4.90 Å². The van der Waals surface area contributed by atoms with Crippen LogP contribution in [0.2, 0.25) is 5.02 Å². The van der Waals surface area contributed by atoms with Crippen LogP contribution < -0.4 is 4.90 Å². The number of benzene rings is 2. The summed E-state index contributed by atoms with van der Waals surface area (Å²) in [6.07, 6.45) is 0. The third kappa shape index (κ3) is 3.61. The van der Waals surface area contributed by atoms with Gasteiger partial charge in [-0.25, -0.2) is 21.6 Å². The molecule has 0 spiro atoms. The molecule has 0 aliphatic carbocycles. The van der Waals surface area contributed by atoms with E-state index in [1.165, 1.54) is 10.4 Å². The first-order valence-corrected chi connectivity index (χ1v) is 9.26. The zero-order valence-corrected chi connectivity index (χ0v) is 14.5. The molecular weight excluding hydrogens is 377 g/mol. The van der Waals surface area contributed by atoms with Gasteiger partial charge in [-0.15, -0.1) is 0 Å². The Hall–Kier alpha value is -1.77. The van der Waals surface area contributed by atoms with E-state index in [0.717, 1.165) is 30.3 Å². The monoisotopic (exact) mass is 390 g/mol. The second kappa shape index (κ2) is 6.86. The summed E-state index contributed by atoms with van der Waals surface area (Å²) in [6, 6.07) is 6.36.